The van der Waals surface area contributed by atoms with Crippen LogP contribution in [0.1, 0.15) is 18.4 Å². The predicted molar refractivity (Wildman–Crippen MR) is 102 cm³/mol. The molecule has 0 unspecified atom stereocenters. The van der Waals surface area contributed by atoms with Crippen LogP contribution in [0, 0.1) is 5.82 Å². The predicted octanol–water partition coefficient (Wildman–Crippen LogP) is 2.06. The summed E-state index contributed by atoms with van der Waals surface area (Å²) >= 11 is 0. The van der Waals surface area contributed by atoms with E-state index in [9.17, 15) is 9.18 Å². The SMILES string of the molecule is CN(C)c1cnnc(N2CCN(C(=O)C3(c4ccc(F)cc4)CC3)CC2)c1. The number of anilines is 2. The molecular formula is C20H24FN5O. The van der Waals surface area contributed by atoms with E-state index in [1.54, 1.807) is 18.3 Å². The van der Waals surface area contributed by atoms with Crippen LogP contribution in [0.5, 0.6) is 0 Å². The summed E-state index contributed by atoms with van der Waals surface area (Å²) in [6, 6.07) is 8.40. The number of carbonyl (C=O) groups is 1. The summed E-state index contributed by atoms with van der Waals surface area (Å²) in [5.41, 5.74) is 1.49. The Morgan fingerprint density at radius 1 is 1.11 bits per heavy atom. The van der Waals surface area contributed by atoms with Gasteiger partial charge in [-0.3, -0.25) is 4.79 Å². The minimum atomic E-state index is -0.444. The van der Waals surface area contributed by atoms with Gasteiger partial charge in [0.15, 0.2) is 5.82 Å². The van der Waals surface area contributed by atoms with Crippen LogP contribution >= 0.6 is 0 Å². The van der Waals surface area contributed by atoms with E-state index in [2.05, 4.69) is 15.1 Å². The lowest BCUT2D eigenvalue weighted by atomic mass is 9.94. The van der Waals surface area contributed by atoms with E-state index in [1.165, 1.54) is 12.1 Å². The van der Waals surface area contributed by atoms with Crippen molar-refractivity contribution in [3.63, 3.8) is 0 Å². The van der Waals surface area contributed by atoms with Gasteiger partial charge in [0, 0.05) is 46.3 Å². The molecule has 0 bridgehead atoms. The maximum Gasteiger partial charge on any atom is 0.233 e. The summed E-state index contributed by atoms with van der Waals surface area (Å²) in [4.78, 5) is 19.2. The number of nitrogens with zero attached hydrogens (tertiary/aromatic N) is 5. The van der Waals surface area contributed by atoms with Gasteiger partial charge in [0.05, 0.1) is 17.3 Å². The Balaban J connectivity index is 1.43. The number of halogens is 1. The number of hydrogen-bond acceptors (Lipinski definition) is 5. The molecule has 4 rings (SSSR count). The van der Waals surface area contributed by atoms with E-state index in [0.29, 0.717) is 13.1 Å². The van der Waals surface area contributed by atoms with Crippen molar-refractivity contribution in [1.82, 2.24) is 15.1 Å². The van der Waals surface area contributed by atoms with Crippen molar-refractivity contribution >= 4 is 17.4 Å². The lowest BCUT2D eigenvalue weighted by Crippen LogP contribution is -2.51. The van der Waals surface area contributed by atoms with Gasteiger partial charge in [-0.15, -0.1) is 5.10 Å². The Morgan fingerprint density at radius 3 is 2.37 bits per heavy atom. The molecule has 2 aliphatic rings. The summed E-state index contributed by atoms with van der Waals surface area (Å²) in [5.74, 6) is 0.742. The molecule has 2 heterocycles. The van der Waals surface area contributed by atoms with Crippen LogP contribution < -0.4 is 9.80 Å². The summed E-state index contributed by atoms with van der Waals surface area (Å²) in [6.07, 6.45) is 3.42. The molecule has 1 saturated heterocycles. The van der Waals surface area contributed by atoms with Gasteiger partial charge in [0.1, 0.15) is 5.82 Å². The zero-order chi connectivity index (χ0) is 19.0. The number of rotatable bonds is 4. The first-order valence-corrected chi connectivity index (χ1v) is 9.30. The van der Waals surface area contributed by atoms with Crippen molar-refractivity contribution in [3.8, 4) is 0 Å². The van der Waals surface area contributed by atoms with Crippen molar-refractivity contribution in [1.29, 1.82) is 0 Å². The van der Waals surface area contributed by atoms with Gasteiger partial charge in [-0.25, -0.2) is 4.39 Å². The van der Waals surface area contributed by atoms with E-state index < -0.39 is 5.41 Å². The maximum atomic E-state index is 13.2. The summed E-state index contributed by atoms with van der Waals surface area (Å²) < 4.78 is 13.2. The van der Waals surface area contributed by atoms with Crippen molar-refractivity contribution in [2.45, 2.75) is 18.3 Å². The minimum Gasteiger partial charge on any atom is -0.376 e. The Bertz CT molecular complexity index is 827. The van der Waals surface area contributed by atoms with Gasteiger partial charge in [0.2, 0.25) is 5.91 Å². The molecule has 1 aliphatic heterocycles. The molecule has 27 heavy (non-hydrogen) atoms. The zero-order valence-corrected chi connectivity index (χ0v) is 15.7. The van der Waals surface area contributed by atoms with Crippen LogP contribution in [-0.2, 0) is 10.2 Å². The molecule has 0 radical (unpaired) electrons. The molecule has 1 amide bonds. The van der Waals surface area contributed by atoms with Crippen LogP contribution in [0.2, 0.25) is 0 Å². The molecule has 7 heteroatoms. The second-order valence-electron chi connectivity index (χ2n) is 7.53. The Labute approximate surface area is 158 Å². The third-order valence-electron chi connectivity index (χ3n) is 5.59. The molecule has 1 aliphatic carbocycles. The first kappa shape index (κ1) is 17.7. The molecule has 6 nitrogen and oxygen atoms in total. The fourth-order valence-electron chi connectivity index (χ4n) is 3.71. The van der Waals surface area contributed by atoms with Gasteiger partial charge < -0.3 is 14.7 Å². The number of amides is 1. The Hall–Kier alpha value is -2.70. The molecule has 0 atom stereocenters. The molecule has 0 spiro atoms. The van der Waals surface area contributed by atoms with Crippen LogP contribution in [0.25, 0.3) is 0 Å². The Kier molecular flexibility index (Phi) is 4.45. The van der Waals surface area contributed by atoms with Gasteiger partial charge >= 0.3 is 0 Å². The first-order chi connectivity index (χ1) is 13.0. The van der Waals surface area contributed by atoms with E-state index in [4.69, 9.17) is 0 Å². The third-order valence-corrected chi connectivity index (χ3v) is 5.59. The van der Waals surface area contributed by atoms with Crippen molar-refractivity contribution < 1.29 is 9.18 Å². The summed E-state index contributed by atoms with van der Waals surface area (Å²) in [5, 5.41) is 8.33. The highest BCUT2D eigenvalue weighted by Gasteiger charge is 2.53. The third kappa shape index (κ3) is 3.34. The monoisotopic (exact) mass is 369 g/mol. The standard InChI is InChI=1S/C20H24FN5O/c1-24(2)17-13-18(23-22-14-17)25-9-11-26(12-10-25)19(27)20(7-8-20)15-3-5-16(21)6-4-15/h3-6,13-14H,7-12H2,1-2H3. The lowest BCUT2D eigenvalue weighted by Gasteiger charge is -2.37. The molecule has 2 fully saturated rings. The van der Waals surface area contributed by atoms with Gasteiger partial charge in [-0.2, -0.15) is 5.10 Å². The van der Waals surface area contributed by atoms with Gasteiger partial charge in [0.25, 0.3) is 0 Å². The second-order valence-corrected chi connectivity index (χ2v) is 7.53. The van der Waals surface area contributed by atoms with E-state index in [0.717, 1.165) is 43.0 Å². The number of hydrogen-bond donors (Lipinski definition) is 0. The fraction of sp³-hybridized carbons (Fsp3) is 0.450. The molecule has 1 saturated carbocycles. The smallest absolute Gasteiger partial charge is 0.233 e. The largest absolute Gasteiger partial charge is 0.376 e. The number of benzene rings is 1. The molecule has 1 aromatic heterocycles. The van der Waals surface area contributed by atoms with Crippen LogP contribution in [0.3, 0.4) is 0 Å². The number of aromatic nitrogens is 2. The lowest BCUT2D eigenvalue weighted by molar-refractivity contribution is -0.134. The van der Waals surface area contributed by atoms with E-state index >= 15 is 0 Å². The van der Waals surface area contributed by atoms with Crippen molar-refractivity contribution in [2.24, 2.45) is 0 Å². The molecule has 2 aromatic rings. The molecule has 0 N–H and O–H groups in total. The second kappa shape index (κ2) is 6.79. The first-order valence-electron chi connectivity index (χ1n) is 9.30. The summed E-state index contributed by atoms with van der Waals surface area (Å²) in [7, 11) is 3.95. The maximum absolute atomic E-state index is 13.2. The van der Waals surface area contributed by atoms with E-state index in [1.807, 2.05) is 30.0 Å². The average molecular weight is 369 g/mol. The number of piperazine rings is 1. The van der Waals surface area contributed by atoms with Crippen molar-refractivity contribution in [3.05, 3.63) is 47.9 Å². The van der Waals surface area contributed by atoms with E-state index in [-0.39, 0.29) is 11.7 Å². The number of carbonyl (C=O) groups excluding carboxylic acids is 1. The topological polar surface area (TPSA) is 52.6 Å². The molecule has 142 valence electrons. The highest BCUT2D eigenvalue weighted by atomic mass is 19.1. The van der Waals surface area contributed by atoms with Crippen molar-refractivity contribution in [2.75, 3.05) is 50.1 Å². The highest BCUT2D eigenvalue weighted by molar-refractivity contribution is 5.91. The van der Waals surface area contributed by atoms with Gasteiger partial charge in [-0.05, 0) is 30.5 Å². The zero-order valence-electron chi connectivity index (χ0n) is 15.7. The normalized spacial score (nSPS) is 18.3. The quantitative estimate of drug-likeness (QED) is 0.826. The summed E-state index contributed by atoms with van der Waals surface area (Å²) in [6.45, 7) is 2.79. The minimum absolute atomic E-state index is 0.168. The van der Waals surface area contributed by atoms with Crippen LogP contribution in [-0.4, -0.2) is 61.3 Å². The van der Waals surface area contributed by atoms with Gasteiger partial charge in [-0.1, -0.05) is 12.1 Å². The highest BCUT2D eigenvalue weighted by Crippen LogP contribution is 2.49. The average Bonchev–Trinajstić information content (AvgIpc) is 3.50. The van der Waals surface area contributed by atoms with Crippen LogP contribution in [0.4, 0.5) is 15.9 Å². The molecular weight excluding hydrogens is 345 g/mol. The van der Waals surface area contributed by atoms with Crippen LogP contribution in [0.15, 0.2) is 36.5 Å². The molecule has 1 aromatic carbocycles. The Morgan fingerprint density at radius 2 is 1.78 bits per heavy atom. The fourth-order valence-corrected chi connectivity index (χ4v) is 3.71.